The number of alkyl halides is 5. The maximum absolute atomic E-state index is 12.0. The van der Waals surface area contributed by atoms with Gasteiger partial charge in [-0.2, -0.15) is 13.2 Å². The molecule has 0 aliphatic carbocycles. The largest absolute Gasteiger partial charge is 0.425 e. The second kappa shape index (κ2) is 3.64. The molecule has 14 heavy (non-hydrogen) atoms. The van der Waals surface area contributed by atoms with Gasteiger partial charge in [0.1, 0.15) is 4.88 Å². The lowest BCUT2D eigenvalue weighted by molar-refractivity contribution is -0.134. The van der Waals surface area contributed by atoms with Crippen LogP contribution in [0.25, 0.3) is 0 Å². The number of thiophene rings is 1. The van der Waals surface area contributed by atoms with Gasteiger partial charge in [-0.05, 0) is 12.1 Å². The van der Waals surface area contributed by atoms with Crippen molar-refractivity contribution in [2.75, 3.05) is 0 Å². The summed E-state index contributed by atoms with van der Waals surface area (Å²) < 4.78 is 59.5. The molecule has 0 aliphatic rings. The molecule has 1 rings (SSSR count). The Kier molecular flexibility index (Phi) is 2.89. The minimum Gasteiger partial charge on any atom is -0.287 e. The van der Waals surface area contributed by atoms with Crippen LogP contribution < -0.4 is 0 Å². The van der Waals surface area contributed by atoms with E-state index in [1.807, 2.05) is 0 Å². The normalized spacial score (nSPS) is 12.1. The fraction of sp³-hybridized carbons (Fsp3) is 0.286. The molecule has 78 valence electrons. The number of halogens is 5. The minimum absolute atomic E-state index is 0.0217. The molecule has 0 unspecified atom stereocenters. The van der Waals surface area contributed by atoms with Gasteiger partial charge in [-0.1, -0.05) is 0 Å². The summed E-state index contributed by atoms with van der Waals surface area (Å²) in [5, 5.41) is 0. The summed E-state index contributed by atoms with van der Waals surface area (Å²) in [5.41, 5.74) is 0. The zero-order chi connectivity index (χ0) is 10.9. The first-order valence-electron chi connectivity index (χ1n) is 3.32. The van der Waals surface area contributed by atoms with Gasteiger partial charge in [0.2, 0.25) is 5.78 Å². The molecule has 0 bridgehead atoms. The fourth-order valence-electron chi connectivity index (χ4n) is 0.730. The van der Waals surface area contributed by atoms with Crippen LogP contribution in [-0.4, -0.2) is 12.2 Å². The number of rotatable bonds is 2. The first kappa shape index (κ1) is 11.1. The van der Waals surface area contributed by atoms with Crippen molar-refractivity contribution < 1.29 is 26.7 Å². The molecule has 0 aromatic carbocycles. The van der Waals surface area contributed by atoms with Crippen LogP contribution in [0.15, 0.2) is 12.1 Å². The summed E-state index contributed by atoms with van der Waals surface area (Å²) >= 11 is 0.0217. The van der Waals surface area contributed by atoms with Gasteiger partial charge in [0.15, 0.2) is 0 Å². The van der Waals surface area contributed by atoms with Crippen molar-refractivity contribution in [1.29, 1.82) is 0 Å². The van der Waals surface area contributed by atoms with Crippen LogP contribution >= 0.6 is 11.3 Å². The van der Waals surface area contributed by atoms with E-state index in [1.165, 1.54) is 0 Å². The highest BCUT2D eigenvalue weighted by Crippen LogP contribution is 2.35. The summed E-state index contributed by atoms with van der Waals surface area (Å²) in [4.78, 5) is 8.95. The average Bonchev–Trinajstić information content (AvgIpc) is 2.49. The third-order valence-corrected chi connectivity index (χ3v) is 2.47. The third-order valence-electron chi connectivity index (χ3n) is 1.33. The van der Waals surface area contributed by atoms with Crippen LogP contribution in [-0.2, 0) is 6.18 Å². The number of carbonyl (C=O) groups is 1. The van der Waals surface area contributed by atoms with Gasteiger partial charge in [-0.3, -0.25) is 4.79 Å². The summed E-state index contributed by atoms with van der Waals surface area (Å²) in [6.07, 6.45) is -7.86. The molecule has 1 nitrogen and oxygen atoms in total. The Labute approximate surface area is 79.2 Å². The summed E-state index contributed by atoms with van der Waals surface area (Å²) in [7, 11) is 0. The Morgan fingerprint density at radius 3 is 2.21 bits per heavy atom. The van der Waals surface area contributed by atoms with Crippen LogP contribution in [0.2, 0.25) is 0 Å². The van der Waals surface area contributed by atoms with Crippen molar-refractivity contribution in [3.05, 3.63) is 21.9 Å². The summed E-state index contributed by atoms with van der Waals surface area (Å²) in [5.74, 6) is -1.58. The Hall–Kier alpha value is -0.980. The SMILES string of the molecule is O=C(c1ccc(C(F)(F)F)s1)C(F)F. The number of ketones is 1. The van der Waals surface area contributed by atoms with Gasteiger partial charge in [0.25, 0.3) is 0 Å². The van der Waals surface area contributed by atoms with E-state index in [2.05, 4.69) is 0 Å². The predicted molar refractivity (Wildman–Crippen MR) is 39.7 cm³/mol. The Bertz CT molecular complexity index is 340. The molecule has 0 saturated carbocycles. The Balaban J connectivity index is 2.95. The molecule has 1 aromatic heterocycles. The Morgan fingerprint density at radius 1 is 1.29 bits per heavy atom. The lowest BCUT2D eigenvalue weighted by Crippen LogP contribution is -2.07. The highest BCUT2D eigenvalue weighted by Gasteiger charge is 2.33. The molecule has 0 amide bonds. The van der Waals surface area contributed by atoms with Gasteiger partial charge in [0.05, 0.1) is 4.88 Å². The molecule has 0 N–H and O–H groups in total. The third kappa shape index (κ3) is 2.28. The van der Waals surface area contributed by atoms with Crippen LogP contribution in [0.5, 0.6) is 0 Å². The topological polar surface area (TPSA) is 17.1 Å². The van der Waals surface area contributed by atoms with Crippen molar-refractivity contribution in [2.24, 2.45) is 0 Å². The van der Waals surface area contributed by atoms with Gasteiger partial charge in [-0.25, -0.2) is 8.78 Å². The molecule has 1 heterocycles. The average molecular weight is 230 g/mol. The van der Waals surface area contributed by atoms with Gasteiger partial charge >= 0.3 is 12.6 Å². The van der Waals surface area contributed by atoms with Crippen molar-refractivity contribution in [2.45, 2.75) is 12.6 Å². The summed E-state index contributed by atoms with van der Waals surface area (Å²) in [6.45, 7) is 0. The van der Waals surface area contributed by atoms with Gasteiger partial charge < -0.3 is 0 Å². The number of Topliss-reactive ketones (excluding diaryl/α,β-unsaturated/α-hetero) is 1. The zero-order valence-corrected chi connectivity index (χ0v) is 7.25. The van der Waals surface area contributed by atoms with E-state index >= 15 is 0 Å². The second-order valence-electron chi connectivity index (χ2n) is 2.33. The molecule has 0 aliphatic heterocycles. The lowest BCUT2D eigenvalue weighted by Gasteiger charge is -2.00. The van der Waals surface area contributed by atoms with Gasteiger partial charge in [-0.15, -0.1) is 11.3 Å². The quantitative estimate of drug-likeness (QED) is 0.563. The maximum Gasteiger partial charge on any atom is 0.425 e. The van der Waals surface area contributed by atoms with Crippen LogP contribution in [0.4, 0.5) is 22.0 Å². The molecule has 0 fully saturated rings. The maximum atomic E-state index is 12.0. The smallest absolute Gasteiger partial charge is 0.287 e. The van der Waals surface area contributed by atoms with E-state index in [0.717, 1.165) is 6.07 Å². The van der Waals surface area contributed by atoms with E-state index in [4.69, 9.17) is 0 Å². The molecular weight excluding hydrogens is 227 g/mol. The summed E-state index contributed by atoms with van der Waals surface area (Å²) in [6, 6.07) is 1.36. The van der Waals surface area contributed by atoms with Crippen LogP contribution in [0.3, 0.4) is 0 Å². The van der Waals surface area contributed by atoms with E-state index in [-0.39, 0.29) is 11.3 Å². The van der Waals surface area contributed by atoms with E-state index in [9.17, 15) is 26.7 Å². The minimum atomic E-state index is -4.59. The van der Waals surface area contributed by atoms with Crippen molar-refractivity contribution >= 4 is 17.1 Å². The van der Waals surface area contributed by atoms with E-state index in [1.54, 1.807) is 0 Å². The molecule has 0 atom stereocenters. The van der Waals surface area contributed by atoms with Crippen molar-refractivity contribution in [3.63, 3.8) is 0 Å². The van der Waals surface area contributed by atoms with Crippen molar-refractivity contribution in [1.82, 2.24) is 0 Å². The Morgan fingerprint density at radius 2 is 1.86 bits per heavy atom. The predicted octanol–water partition coefficient (Wildman–Crippen LogP) is 3.21. The first-order valence-corrected chi connectivity index (χ1v) is 4.13. The highest BCUT2D eigenvalue weighted by atomic mass is 32.1. The first-order chi connectivity index (χ1) is 6.32. The number of hydrogen-bond acceptors (Lipinski definition) is 2. The molecule has 0 saturated heterocycles. The van der Waals surface area contributed by atoms with Crippen LogP contribution in [0, 0.1) is 0 Å². The fourth-order valence-corrected chi connectivity index (χ4v) is 1.54. The molecule has 7 heteroatoms. The number of carbonyl (C=O) groups excluding carboxylic acids is 1. The second-order valence-corrected chi connectivity index (χ2v) is 3.41. The van der Waals surface area contributed by atoms with Crippen LogP contribution in [0.1, 0.15) is 14.5 Å². The van der Waals surface area contributed by atoms with Crippen molar-refractivity contribution in [3.8, 4) is 0 Å². The highest BCUT2D eigenvalue weighted by molar-refractivity contribution is 7.14. The van der Waals surface area contributed by atoms with E-state index < -0.39 is 28.1 Å². The number of hydrogen-bond donors (Lipinski definition) is 0. The molecular formula is C7H3F5OS. The molecule has 1 aromatic rings. The standard InChI is InChI=1S/C7H3F5OS/c8-6(9)5(13)3-1-2-4(14-3)7(10,11)12/h1-2,6H. The van der Waals surface area contributed by atoms with E-state index in [0.29, 0.717) is 6.07 Å². The molecule has 0 spiro atoms. The zero-order valence-electron chi connectivity index (χ0n) is 6.44. The molecule has 0 radical (unpaired) electrons. The monoisotopic (exact) mass is 230 g/mol. The lowest BCUT2D eigenvalue weighted by atomic mass is 10.3. The van der Waals surface area contributed by atoms with Gasteiger partial charge in [0, 0.05) is 0 Å².